The third-order valence-electron chi connectivity index (χ3n) is 3.55. The third-order valence-corrected chi connectivity index (χ3v) is 5.37. The van der Waals surface area contributed by atoms with E-state index in [1.54, 1.807) is 11.8 Å². The van der Waals surface area contributed by atoms with Gasteiger partial charge >= 0.3 is 0 Å². The maximum absolute atomic E-state index is 12.4. The normalized spacial score (nSPS) is 20.7. The molecule has 5 heteroatoms. The van der Waals surface area contributed by atoms with Gasteiger partial charge in [0.2, 0.25) is 0 Å². The highest BCUT2D eigenvalue weighted by Crippen LogP contribution is 2.32. The molecular weight excluding hydrogens is 290 g/mol. The molecule has 1 aliphatic rings. The van der Waals surface area contributed by atoms with Crippen LogP contribution in [0.15, 0.2) is 40.6 Å². The van der Waals surface area contributed by atoms with Crippen LogP contribution in [0.1, 0.15) is 26.8 Å². The van der Waals surface area contributed by atoms with Crippen molar-refractivity contribution in [3.63, 3.8) is 0 Å². The zero-order valence-corrected chi connectivity index (χ0v) is 12.6. The molecule has 2 N–H and O–H groups in total. The zero-order valence-electron chi connectivity index (χ0n) is 11.0. The second-order valence-corrected chi connectivity index (χ2v) is 6.50. The lowest BCUT2D eigenvalue weighted by atomic mass is 10.1. The van der Waals surface area contributed by atoms with E-state index in [4.69, 9.17) is 0 Å². The van der Waals surface area contributed by atoms with Gasteiger partial charge in [-0.2, -0.15) is 0 Å². The Bertz CT molecular complexity index is 638. The molecule has 20 heavy (non-hydrogen) atoms. The molecule has 0 aliphatic heterocycles. The number of amides is 1. The van der Waals surface area contributed by atoms with Gasteiger partial charge in [-0.25, -0.2) is 0 Å². The number of hydrogen-bond acceptors (Lipinski definition) is 4. The van der Waals surface area contributed by atoms with E-state index in [-0.39, 0.29) is 11.9 Å². The third kappa shape index (κ3) is 2.37. The summed E-state index contributed by atoms with van der Waals surface area (Å²) in [5.74, 6) is -0.106. The Kier molecular flexibility index (Phi) is 3.83. The average molecular weight is 305 g/mol. The Morgan fingerprint density at radius 2 is 2.20 bits per heavy atom. The summed E-state index contributed by atoms with van der Waals surface area (Å²) in [7, 11) is 0. The number of carbonyl (C=O) groups excluding carboxylic acids is 1. The lowest BCUT2D eigenvalue weighted by molar-refractivity contribution is 0.0859. The van der Waals surface area contributed by atoms with Crippen molar-refractivity contribution in [3.05, 3.63) is 51.7 Å². The predicted molar refractivity (Wildman–Crippen MR) is 82.5 cm³/mol. The van der Waals surface area contributed by atoms with E-state index < -0.39 is 6.10 Å². The Balaban J connectivity index is 1.83. The predicted octanol–water partition coefficient (Wildman–Crippen LogP) is 2.86. The maximum Gasteiger partial charge on any atom is 0.263 e. The Morgan fingerprint density at radius 1 is 1.40 bits per heavy atom. The molecule has 0 saturated carbocycles. The lowest BCUT2D eigenvalue weighted by Crippen LogP contribution is -2.33. The second kappa shape index (κ2) is 5.60. The minimum Gasteiger partial charge on any atom is -0.390 e. The summed E-state index contributed by atoms with van der Waals surface area (Å²) in [6.07, 6.45) is 2.01. The standard InChI is InChI=1S/C15H15NO2S2/c1-19-12-6-7-20-14(12)15(18)16-13-10-5-3-2-4-9(10)8-11(13)17/h2-7,11,13,17H,8H2,1H3,(H,16,18)/t11-,13-/m1/s1. The van der Waals surface area contributed by atoms with E-state index in [1.165, 1.54) is 11.3 Å². The number of benzene rings is 1. The van der Waals surface area contributed by atoms with Gasteiger partial charge in [0, 0.05) is 11.3 Å². The number of carbonyl (C=O) groups is 1. The first-order valence-electron chi connectivity index (χ1n) is 6.39. The first kappa shape index (κ1) is 13.7. The minimum absolute atomic E-state index is 0.106. The second-order valence-electron chi connectivity index (χ2n) is 4.74. The van der Waals surface area contributed by atoms with Crippen molar-refractivity contribution < 1.29 is 9.90 Å². The zero-order chi connectivity index (χ0) is 14.1. The highest BCUT2D eigenvalue weighted by atomic mass is 32.2. The van der Waals surface area contributed by atoms with E-state index in [0.29, 0.717) is 11.3 Å². The fraction of sp³-hybridized carbons (Fsp3) is 0.267. The molecule has 0 unspecified atom stereocenters. The molecule has 0 radical (unpaired) electrons. The van der Waals surface area contributed by atoms with Crippen molar-refractivity contribution in [3.8, 4) is 0 Å². The van der Waals surface area contributed by atoms with Crippen LogP contribution >= 0.6 is 23.1 Å². The summed E-state index contributed by atoms with van der Waals surface area (Å²) in [5, 5.41) is 15.1. The highest BCUT2D eigenvalue weighted by molar-refractivity contribution is 7.98. The summed E-state index contributed by atoms with van der Waals surface area (Å²) < 4.78 is 0. The largest absolute Gasteiger partial charge is 0.390 e. The number of hydrogen-bond donors (Lipinski definition) is 2. The molecule has 1 amide bonds. The molecule has 2 atom stereocenters. The highest BCUT2D eigenvalue weighted by Gasteiger charge is 2.32. The van der Waals surface area contributed by atoms with Crippen LogP contribution in [0.25, 0.3) is 0 Å². The van der Waals surface area contributed by atoms with E-state index in [9.17, 15) is 9.90 Å². The summed E-state index contributed by atoms with van der Waals surface area (Å²) in [4.78, 5) is 14.1. The molecule has 1 heterocycles. The molecule has 1 aliphatic carbocycles. The summed E-state index contributed by atoms with van der Waals surface area (Å²) in [6.45, 7) is 0. The number of aliphatic hydroxyl groups is 1. The van der Waals surface area contributed by atoms with Crippen LogP contribution < -0.4 is 5.32 Å². The average Bonchev–Trinajstić information content (AvgIpc) is 3.04. The van der Waals surface area contributed by atoms with Gasteiger partial charge < -0.3 is 10.4 Å². The van der Waals surface area contributed by atoms with Gasteiger partial charge in [-0.1, -0.05) is 24.3 Å². The molecule has 1 aromatic heterocycles. The van der Waals surface area contributed by atoms with Crippen LogP contribution in [0, 0.1) is 0 Å². The number of thioether (sulfide) groups is 1. The van der Waals surface area contributed by atoms with Crippen LogP contribution in [0.5, 0.6) is 0 Å². The molecule has 104 valence electrons. The van der Waals surface area contributed by atoms with Gasteiger partial charge in [0.05, 0.1) is 12.1 Å². The van der Waals surface area contributed by atoms with Crippen molar-refractivity contribution in [2.75, 3.05) is 6.26 Å². The molecule has 3 nitrogen and oxygen atoms in total. The number of fused-ring (bicyclic) bond motifs is 1. The Morgan fingerprint density at radius 3 is 3.00 bits per heavy atom. The molecular formula is C15H15NO2S2. The number of aliphatic hydroxyl groups excluding tert-OH is 1. The van der Waals surface area contributed by atoms with Gasteiger partial charge in [-0.15, -0.1) is 23.1 Å². The van der Waals surface area contributed by atoms with Crippen LogP contribution in [-0.2, 0) is 6.42 Å². The van der Waals surface area contributed by atoms with E-state index in [1.807, 2.05) is 42.0 Å². The van der Waals surface area contributed by atoms with Gasteiger partial charge in [0.1, 0.15) is 4.88 Å². The fourth-order valence-electron chi connectivity index (χ4n) is 2.58. The first-order chi connectivity index (χ1) is 9.70. The smallest absolute Gasteiger partial charge is 0.263 e. The fourth-order valence-corrected chi connectivity index (χ4v) is 4.23. The Hall–Kier alpha value is -1.30. The van der Waals surface area contributed by atoms with Gasteiger partial charge in [-0.05, 0) is 28.8 Å². The van der Waals surface area contributed by atoms with Crippen LogP contribution in [0.4, 0.5) is 0 Å². The summed E-state index contributed by atoms with van der Waals surface area (Å²) in [5.41, 5.74) is 2.14. The SMILES string of the molecule is CSc1ccsc1C(=O)N[C@@H]1c2ccccc2C[C@H]1O. The van der Waals surface area contributed by atoms with Crippen molar-refractivity contribution in [2.45, 2.75) is 23.5 Å². The summed E-state index contributed by atoms with van der Waals surface area (Å²) >= 11 is 3.00. The van der Waals surface area contributed by atoms with E-state index >= 15 is 0 Å². The molecule has 2 aromatic rings. The molecule has 0 spiro atoms. The van der Waals surface area contributed by atoms with Crippen molar-refractivity contribution >= 4 is 29.0 Å². The van der Waals surface area contributed by atoms with E-state index in [2.05, 4.69) is 5.32 Å². The molecule has 1 aromatic carbocycles. The topological polar surface area (TPSA) is 49.3 Å². The maximum atomic E-state index is 12.4. The molecule has 0 bridgehead atoms. The van der Waals surface area contributed by atoms with Gasteiger partial charge in [0.25, 0.3) is 5.91 Å². The van der Waals surface area contributed by atoms with Gasteiger partial charge in [0.15, 0.2) is 0 Å². The monoisotopic (exact) mass is 305 g/mol. The summed E-state index contributed by atoms with van der Waals surface area (Å²) in [6, 6.07) is 9.51. The van der Waals surface area contributed by atoms with Crippen molar-refractivity contribution in [1.82, 2.24) is 5.32 Å². The molecule has 3 rings (SSSR count). The number of rotatable bonds is 3. The first-order valence-corrected chi connectivity index (χ1v) is 8.49. The molecule has 0 fully saturated rings. The van der Waals surface area contributed by atoms with Gasteiger partial charge in [-0.3, -0.25) is 4.79 Å². The van der Waals surface area contributed by atoms with Crippen molar-refractivity contribution in [2.24, 2.45) is 0 Å². The van der Waals surface area contributed by atoms with Crippen molar-refractivity contribution in [1.29, 1.82) is 0 Å². The minimum atomic E-state index is -0.547. The Labute approximate surface area is 126 Å². The van der Waals surface area contributed by atoms with Crippen LogP contribution in [-0.4, -0.2) is 23.4 Å². The number of nitrogens with one attached hydrogen (secondary N) is 1. The van der Waals surface area contributed by atoms with E-state index in [0.717, 1.165) is 16.0 Å². The molecule has 0 saturated heterocycles. The van der Waals surface area contributed by atoms with Crippen LogP contribution in [0.3, 0.4) is 0 Å². The lowest BCUT2D eigenvalue weighted by Gasteiger charge is -2.17. The van der Waals surface area contributed by atoms with Crippen LogP contribution in [0.2, 0.25) is 0 Å². The number of thiophene rings is 1. The quantitative estimate of drug-likeness (QED) is 0.857.